The number of halogens is 1. The summed E-state index contributed by atoms with van der Waals surface area (Å²) in [5.41, 5.74) is 5.88. The van der Waals surface area contributed by atoms with E-state index in [-0.39, 0.29) is 11.4 Å². The molecule has 5 heteroatoms. The number of benzene rings is 1. The summed E-state index contributed by atoms with van der Waals surface area (Å²) in [5.74, 6) is 0.217. The van der Waals surface area contributed by atoms with Gasteiger partial charge in [0.05, 0.1) is 5.02 Å². The standard InChI is InChI=1S/C13H19ClN2O2/c1-8(12(17)16-13(2,3)4)18-11-7-9(15)5-6-10(11)14/h5-8H,15H2,1-4H3,(H,16,17). The first-order chi connectivity index (χ1) is 8.19. The first-order valence-electron chi connectivity index (χ1n) is 5.73. The maximum atomic E-state index is 11.8. The zero-order valence-corrected chi connectivity index (χ0v) is 11.8. The second-order valence-electron chi connectivity index (χ2n) is 5.19. The van der Waals surface area contributed by atoms with Crippen molar-refractivity contribution in [2.75, 3.05) is 5.73 Å². The molecule has 1 amide bonds. The van der Waals surface area contributed by atoms with Gasteiger partial charge in [-0.2, -0.15) is 0 Å². The quantitative estimate of drug-likeness (QED) is 0.830. The number of anilines is 1. The van der Waals surface area contributed by atoms with Crippen LogP contribution in [0.4, 0.5) is 5.69 Å². The maximum Gasteiger partial charge on any atom is 0.261 e. The molecule has 0 radical (unpaired) electrons. The van der Waals surface area contributed by atoms with Gasteiger partial charge < -0.3 is 15.8 Å². The lowest BCUT2D eigenvalue weighted by Crippen LogP contribution is -2.46. The monoisotopic (exact) mass is 270 g/mol. The van der Waals surface area contributed by atoms with Gasteiger partial charge >= 0.3 is 0 Å². The summed E-state index contributed by atoms with van der Waals surface area (Å²) in [6, 6.07) is 4.92. The van der Waals surface area contributed by atoms with Crippen LogP contribution in [0, 0.1) is 0 Å². The molecular formula is C13H19ClN2O2. The predicted octanol–water partition coefficient (Wildman–Crippen LogP) is 2.60. The molecule has 1 aromatic rings. The van der Waals surface area contributed by atoms with Crippen molar-refractivity contribution in [1.82, 2.24) is 5.32 Å². The average Bonchev–Trinajstić information content (AvgIpc) is 2.21. The third kappa shape index (κ3) is 4.45. The molecule has 0 heterocycles. The topological polar surface area (TPSA) is 64.3 Å². The smallest absolute Gasteiger partial charge is 0.261 e. The minimum atomic E-state index is -0.636. The van der Waals surface area contributed by atoms with E-state index >= 15 is 0 Å². The van der Waals surface area contributed by atoms with Crippen molar-refractivity contribution in [3.05, 3.63) is 23.2 Å². The van der Waals surface area contributed by atoms with E-state index in [0.717, 1.165) is 0 Å². The second kappa shape index (κ2) is 5.48. The Morgan fingerprint density at radius 1 is 1.44 bits per heavy atom. The van der Waals surface area contributed by atoms with Crippen LogP contribution in [-0.4, -0.2) is 17.6 Å². The number of hydrogen-bond acceptors (Lipinski definition) is 3. The molecule has 0 saturated carbocycles. The Bertz CT molecular complexity index is 441. The average molecular weight is 271 g/mol. The normalized spacial score (nSPS) is 12.9. The zero-order chi connectivity index (χ0) is 13.9. The van der Waals surface area contributed by atoms with Gasteiger partial charge in [-0.3, -0.25) is 4.79 Å². The van der Waals surface area contributed by atoms with Crippen LogP contribution in [-0.2, 0) is 4.79 Å². The highest BCUT2D eigenvalue weighted by atomic mass is 35.5. The Kier molecular flexibility index (Phi) is 4.46. The third-order valence-electron chi connectivity index (χ3n) is 2.13. The fourth-order valence-corrected chi connectivity index (χ4v) is 1.49. The van der Waals surface area contributed by atoms with Crippen molar-refractivity contribution in [1.29, 1.82) is 0 Å². The number of hydrogen-bond donors (Lipinski definition) is 2. The van der Waals surface area contributed by atoms with Crippen LogP contribution >= 0.6 is 11.6 Å². The van der Waals surface area contributed by atoms with Gasteiger partial charge in [-0.1, -0.05) is 11.6 Å². The van der Waals surface area contributed by atoms with E-state index in [1.165, 1.54) is 0 Å². The summed E-state index contributed by atoms with van der Waals surface area (Å²) in [7, 11) is 0. The van der Waals surface area contributed by atoms with Gasteiger partial charge in [0.2, 0.25) is 0 Å². The Morgan fingerprint density at radius 2 is 2.06 bits per heavy atom. The highest BCUT2D eigenvalue weighted by molar-refractivity contribution is 6.32. The number of carbonyl (C=O) groups is 1. The number of nitrogen functional groups attached to an aromatic ring is 1. The lowest BCUT2D eigenvalue weighted by atomic mass is 10.1. The Labute approximate surface area is 112 Å². The van der Waals surface area contributed by atoms with Gasteiger partial charge in [0.15, 0.2) is 6.10 Å². The molecule has 0 aromatic heterocycles. The molecule has 1 unspecified atom stereocenters. The van der Waals surface area contributed by atoms with Gasteiger partial charge in [0.1, 0.15) is 5.75 Å². The molecule has 0 spiro atoms. The maximum absolute atomic E-state index is 11.8. The molecule has 18 heavy (non-hydrogen) atoms. The van der Waals surface area contributed by atoms with Gasteiger partial charge in [-0.25, -0.2) is 0 Å². The van der Waals surface area contributed by atoms with Gasteiger partial charge in [0.25, 0.3) is 5.91 Å². The molecule has 1 atom stereocenters. The van der Waals surface area contributed by atoms with Crippen molar-refractivity contribution in [2.45, 2.75) is 39.3 Å². The summed E-state index contributed by atoms with van der Waals surface area (Å²) in [4.78, 5) is 11.8. The molecule has 3 N–H and O–H groups in total. The molecule has 0 aliphatic carbocycles. The SMILES string of the molecule is CC(Oc1cc(N)ccc1Cl)C(=O)NC(C)(C)C. The molecule has 0 aliphatic rings. The highest BCUT2D eigenvalue weighted by Gasteiger charge is 2.21. The van der Waals surface area contributed by atoms with Crippen LogP contribution in [0.15, 0.2) is 18.2 Å². The molecule has 1 aromatic carbocycles. The van der Waals surface area contributed by atoms with Crippen LogP contribution in [0.2, 0.25) is 5.02 Å². The van der Waals surface area contributed by atoms with E-state index < -0.39 is 6.10 Å². The fourth-order valence-electron chi connectivity index (χ4n) is 1.33. The molecule has 0 fully saturated rings. The largest absolute Gasteiger partial charge is 0.479 e. The van der Waals surface area contributed by atoms with Gasteiger partial charge in [-0.05, 0) is 39.8 Å². The van der Waals surface area contributed by atoms with E-state index in [4.69, 9.17) is 22.1 Å². The van der Waals surface area contributed by atoms with Gasteiger partial charge in [-0.15, -0.1) is 0 Å². The van der Waals surface area contributed by atoms with Crippen LogP contribution < -0.4 is 15.8 Å². The van der Waals surface area contributed by atoms with Crippen LogP contribution in [0.3, 0.4) is 0 Å². The third-order valence-corrected chi connectivity index (χ3v) is 2.44. The van der Waals surface area contributed by atoms with Crippen molar-refractivity contribution in [2.24, 2.45) is 0 Å². The Balaban J connectivity index is 2.72. The number of ether oxygens (including phenoxy) is 1. The van der Waals surface area contributed by atoms with Crippen molar-refractivity contribution in [3.8, 4) is 5.75 Å². The zero-order valence-electron chi connectivity index (χ0n) is 11.1. The van der Waals surface area contributed by atoms with E-state index in [1.807, 2.05) is 20.8 Å². The number of nitrogens with two attached hydrogens (primary N) is 1. The minimum absolute atomic E-state index is 0.194. The first-order valence-corrected chi connectivity index (χ1v) is 6.10. The number of rotatable bonds is 3. The molecule has 0 bridgehead atoms. The molecular weight excluding hydrogens is 252 g/mol. The predicted molar refractivity (Wildman–Crippen MR) is 73.9 cm³/mol. The molecule has 0 aliphatic heterocycles. The van der Waals surface area contributed by atoms with Crippen LogP contribution in [0.1, 0.15) is 27.7 Å². The summed E-state index contributed by atoms with van der Waals surface area (Å²) in [6.07, 6.45) is -0.636. The fraction of sp³-hybridized carbons (Fsp3) is 0.462. The van der Waals surface area contributed by atoms with Crippen molar-refractivity contribution >= 4 is 23.2 Å². The van der Waals surface area contributed by atoms with E-state index in [1.54, 1.807) is 25.1 Å². The van der Waals surface area contributed by atoms with Crippen LogP contribution in [0.5, 0.6) is 5.75 Å². The summed E-state index contributed by atoms with van der Waals surface area (Å²) >= 11 is 5.97. The number of amides is 1. The van der Waals surface area contributed by atoms with Gasteiger partial charge in [0, 0.05) is 17.3 Å². The summed E-state index contributed by atoms with van der Waals surface area (Å²) in [5, 5.41) is 3.27. The molecule has 1 rings (SSSR count). The van der Waals surface area contributed by atoms with E-state index in [9.17, 15) is 4.79 Å². The van der Waals surface area contributed by atoms with Crippen LogP contribution in [0.25, 0.3) is 0 Å². The van der Waals surface area contributed by atoms with E-state index in [0.29, 0.717) is 16.5 Å². The van der Waals surface area contributed by atoms with Crippen molar-refractivity contribution in [3.63, 3.8) is 0 Å². The molecule has 0 saturated heterocycles. The number of carbonyl (C=O) groups excluding carboxylic acids is 1. The first kappa shape index (κ1) is 14.6. The molecule has 100 valence electrons. The summed E-state index contributed by atoms with van der Waals surface area (Å²) < 4.78 is 5.51. The Morgan fingerprint density at radius 3 is 2.61 bits per heavy atom. The minimum Gasteiger partial charge on any atom is -0.479 e. The summed E-state index contributed by atoms with van der Waals surface area (Å²) in [6.45, 7) is 7.39. The van der Waals surface area contributed by atoms with Crippen molar-refractivity contribution < 1.29 is 9.53 Å². The lowest BCUT2D eigenvalue weighted by Gasteiger charge is -2.23. The lowest BCUT2D eigenvalue weighted by molar-refractivity contribution is -0.128. The second-order valence-corrected chi connectivity index (χ2v) is 5.60. The van der Waals surface area contributed by atoms with E-state index in [2.05, 4.69) is 5.32 Å². The highest BCUT2D eigenvalue weighted by Crippen LogP contribution is 2.27. The molecule has 4 nitrogen and oxygen atoms in total. The Hall–Kier alpha value is -1.42. The number of nitrogens with one attached hydrogen (secondary N) is 1.